The van der Waals surface area contributed by atoms with Crippen LogP contribution < -0.4 is 5.32 Å². The molecule has 2 aromatic carbocycles. The summed E-state index contributed by atoms with van der Waals surface area (Å²) in [5.74, 6) is -0.938. The molecule has 0 aliphatic carbocycles. The van der Waals surface area contributed by atoms with Gasteiger partial charge in [-0.25, -0.2) is 9.78 Å². The Balaban J connectivity index is 1.83. The molecule has 0 amide bonds. The van der Waals surface area contributed by atoms with E-state index in [4.69, 9.17) is 16.7 Å². The lowest BCUT2D eigenvalue weighted by Crippen LogP contribution is -1.96. The Labute approximate surface area is 142 Å². The number of carboxylic acids is 1. The third kappa shape index (κ3) is 3.52. The molecule has 4 nitrogen and oxygen atoms in total. The van der Waals surface area contributed by atoms with Gasteiger partial charge >= 0.3 is 5.97 Å². The molecule has 0 aliphatic rings. The molecule has 0 bridgehead atoms. The largest absolute Gasteiger partial charge is 0.478 e. The lowest BCUT2D eigenvalue weighted by atomic mass is 10.1. The number of benzene rings is 2. The Morgan fingerprint density at radius 1 is 1.13 bits per heavy atom. The average Bonchev–Trinajstić information content (AvgIpc) is 2.89. The van der Waals surface area contributed by atoms with E-state index in [0.29, 0.717) is 5.02 Å². The summed E-state index contributed by atoms with van der Waals surface area (Å²) in [5.41, 5.74) is 2.98. The van der Waals surface area contributed by atoms with Gasteiger partial charge in [0.15, 0.2) is 5.13 Å². The summed E-state index contributed by atoms with van der Waals surface area (Å²) >= 11 is 7.46. The van der Waals surface area contributed by atoms with Crippen LogP contribution in [0.4, 0.5) is 10.8 Å². The van der Waals surface area contributed by atoms with Gasteiger partial charge in [0.1, 0.15) is 0 Å². The summed E-state index contributed by atoms with van der Waals surface area (Å²) < 4.78 is 0. The maximum Gasteiger partial charge on any atom is 0.335 e. The summed E-state index contributed by atoms with van der Waals surface area (Å²) in [7, 11) is 0. The Morgan fingerprint density at radius 3 is 2.39 bits per heavy atom. The summed E-state index contributed by atoms with van der Waals surface area (Å²) in [6, 6.07) is 14.1. The highest BCUT2D eigenvalue weighted by atomic mass is 35.5. The lowest BCUT2D eigenvalue weighted by molar-refractivity contribution is 0.0697. The van der Waals surface area contributed by atoms with Crippen molar-refractivity contribution in [1.82, 2.24) is 4.98 Å². The molecule has 3 rings (SSSR count). The second-order valence-corrected chi connectivity index (χ2v) is 6.58. The molecule has 0 radical (unpaired) electrons. The van der Waals surface area contributed by atoms with Crippen LogP contribution in [0.15, 0.2) is 48.5 Å². The number of nitrogens with one attached hydrogen (secondary N) is 1. The van der Waals surface area contributed by atoms with Crippen LogP contribution in [-0.2, 0) is 0 Å². The van der Waals surface area contributed by atoms with Crippen molar-refractivity contribution in [3.8, 4) is 11.3 Å². The number of thiazole rings is 1. The zero-order valence-electron chi connectivity index (χ0n) is 12.2. The predicted molar refractivity (Wildman–Crippen MR) is 94.0 cm³/mol. The molecule has 6 heteroatoms. The highest BCUT2D eigenvalue weighted by Gasteiger charge is 2.10. The molecule has 0 saturated heterocycles. The summed E-state index contributed by atoms with van der Waals surface area (Å²) in [6.07, 6.45) is 0. The van der Waals surface area contributed by atoms with Gasteiger partial charge in [-0.15, -0.1) is 11.3 Å². The number of hydrogen-bond donors (Lipinski definition) is 2. The minimum Gasteiger partial charge on any atom is -0.478 e. The first-order valence-corrected chi connectivity index (χ1v) is 8.06. The molecule has 0 spiro atoms. The van der Waals surface area contributed by atoms with Gasteiger partial charge in [0.2, 0.25) is 0 Å². The van der Waals surface area contributed by atoms with Gasteiger partial charge in [0.25, 0.3) is 0 Å². The SMILES string of the molecule is Cc1sc(Nc2ccc(C(=O)O)cc2)nc1-c1ccc(Cl)cc1. The third-order valence-electron chi connectivity index (χ3n) is 3.30. The summed E-state index contributed by atoms with van der Waals surface area (Å²) in [4.78, 5) is 16.6. The van der Waals surface area contributed by atoms with Gasteiger partial charge in [-0.3, -0.25) is 0 Å². The fraction of sp³-hybridized carbons (Fsp3) is 0.0588. The number of nitrogens with zero attached hydrogens (tertiary/aromatic N) is 1. The smallest absolute Gasteiger partial charge is 0.335 e. The van der Waals surface area contributed by atoms with Crippen LogP contribution in [0.1, 0.15) is 15.2 Å². The molecule has 0 unspecified atom stereocenters. The number of anilines is 2. The van der Waals surface area contributed by atoms with E-state index in [1.54, 1.807) is 35.6 Å². The molecular formula is C17H13ClN2O2S. The molecule has 1 aromatic heterocycles. The Kier molecular flexibility index (Phi) is 4.32. The van der Waals surface area contributed by atoms with E-state index in [1.807, 2.05) is 31.2 Å². The molecule has 0 fully saturated rings. The van der Waals surface area contributed by atoms with E-state index in [0.717, 1.165) is 27.0 Å². The van der Waals surface area contributed by atoms with Gasteiger partial charge in [0, 0.05) is 21.2 Å². The maximum absolute atomic E-state index is 10.9. The topological polar surface area (TPSA) is 62.2 Å². The standard InChI is InChI=1S/C17H13ClN2O2S/c1-10-15(11-2-6-13(18)7-3-11)20-17(23-10)19-14-8-4-12(5-9-14)16(21)22/h2-9H,1H3,(H,19,20)(H,21,22). The zero-order chi connectivity index (χ0) is 16.4. The van der Waals surface area contributed by atoms with Crippen LogP contribution in [0.25, 0.3) is 11.3 Å². The van der Waals surface area contributed by atoms with Crippen LogP contribution >= 0.6 is 22.9 Å². The number of rotatable bonds is 4. The van der Waals surface area contributed by atoms with E-state index < -0.39 is 5.97 Å². The van der Waals surface area contributed by atoms with Crippen LogP contribution in [-0.4, -0.2) is 16.1 Å². The van der Waals surface area contributed by atoms with Gasteiger partial charge in [0.05, 0.1) is 11.3 Å². The molecule has 116 valence electrons. The lowest BCUT2D eigenvalue weighted by Gasteiger charge is -2.02. The molecule has 2 N–H and O–H groups in total. The minimum atomic E-state index is -0.938. The number of hydrogen-bond acceptors (Lipinski definition) is 4. The minimum absolute atomic E-state index is 0.257. The Hall–Kier alpha value is -2.37. The first-order valence-electron chi connectivity index (χ1n) is 6.86. The maximum atomic E-state index is 10.9. The van der Waals surface area contributed by atoms with Crippen molar-refractivity contribution in [2.75, 3.05) is 5.32 Å². The van der Waals surface area contributed by atoms with E-state index >= 15 is 0 Å². The van der Waals surface area contributed by atoms with E-state index in [9.17, 15) is 4.79 Å². The molecule has 3 aromatic rings. The fourth-order valence-electron chi connectivity index (χ4n) is 2.15. The first kappa shape index (κ1) is 15.5. The van der Waals surface area contributed by atoms with Crippen LogP contribution in [0.2, 0.25) is 5.02 Å². The molecule has 1 heterocycles. The van der Waals surface area contributed by atoms with Crippen molar-refractivity contribution in [2.45, 2.75) is 6.92 Å². The average molecular weight is 345 g/mol. The molecule has 23 heavy (non-hydrogen) atoms. The van der Waals surface area contributed by atoms with Crippen LogP contribution in [0.3, 0.4) is 0 Å². The number of aryl methyl sites for hydroxylation is 1. The highest BCUT2D eigenvalue weighted by molar-refractivity contribution is 7.16. The quantitative estimate of drug-likeness (QED) is 0.681. The van der Waals surface area contributed by atoms with Crippen molar-refractivity contribution in [1.29, 1.82) is 0 Å². The summed E-state index contributed by atoms with van der Waals surface area (Å²) in [6.45, 7) is 2.01. The molecule has 0 aliphatic heterocycles. The monoisotopic (exact) mass is 344 g/mol. The van der Waals surface area contributed by atoms with Crippen molar-refractivity contribution in [3.63, 3.8) is 0 Å². The Morgan fingerprint density at radius 2 is 1.78 bits per heavy atom. The van der Waals surface area contributed by atoms with Crippen molar-refractivity contribution in [3.05, 3.63) is 64.0 Å². The number of aromatic nitrogens is 1. The Bertz CT molecular complexity index is 842. The fourth-order valence-corrected chi connectivity index (χ4v) is 3.13. The highest BCUT2D eigenvalue weighted by Crippen LogP contribution is 2.32. The van der Waals surface area contributed by atoms with E-state index in [-0.39, 0.29) is 5.56 Å². The molecule has 0 atom stereocenters. The normalized spacial score (nSPS) is 10.5. The van der Waals surface area contributed by atoms with Gasteiger partial charge in [-0.05, 0) is 43.3 Å². The second-order valence-electron chi connectivity index (χ2n) is 4.94. The third-order valence-corrected chi connectivity index (χ3v) is 4.44. The number of carbonyl (C=O) groups is 1. The summed E-state index contributed by atoms with van der Waals surface area (Å²) in [5, 5.41) is 13.6. The predicted octanol–water partition coefficient (Wildman–Crippen LogP) is 5.21. The number of halogens is 1. The van der Waals surface area contributed by atoms with Gasteiger partial charge in [-0.2, -0.15) is 0 Å². The molecular weight excluding hydrogens is 332 g/mol. The van der Waals surface area contributed by atoms with Crippen molar-refractivity contribution in [2.24, 2.45) is 0 Å². The van der Waals surface area contributed by atoms with E-state index in [1.165, 1.54) is 0 Å². The zero-order valence-corrected chi connectivity index (χ0v) is 13.8. The first-order chi connectivity index (χ1) is 11.0. The van der Waals surface area contributed by atoms with Crippen LogP contribution in [0.5, 0.6) is 0 Å². The van der Waals surface area contributed by atoms with E-state index in [2.05, 4.69) is 10.3 Å². The van der Waals surface area contributed by atoms with Gasteiger partial charge < -0.3 is 10.4 Å². The van der Waals surface area contributed by atoms with Crippen molar-refractivity contribution >= 4 is 39.7 Å². The number of carboxylic acid groups (broad SMARTS) is 1. The van der Waals surface area contributed by atoms with Crippen molar-refractivity contribution < 1.29 is 9.90 Å². The number of aromatic carboxylic acids is 1. The second kappa shape index (κ2) is 6.40. The molecule has 0 saturated carbocycles. The van der Waals surface area contributed by atoms with Crippen LogP contribution in [0, 0.1) is 6.92 Å². The van der Waals surface area contributed by atoms with Gasteiger partial charge in [-0.1, -0.05) is 23.7 Å².